The first-order chi connectivity index (χ1) is 16.4. The van der Waals surface area contributed by atoms with Gasteiger partial charge in [0, 0.05) is 37.5 Å². The predicted molar refractivity (Wildman–Crippen MR) is 136 cm³/mol. The molecule has 0 radical (unpaired) electrons. The van der Waals surface area contributed by atoms with Crippen LogP contribution in [0.3, 0.4) is 0 Å². The van der Waals surface area contributed by atoms with Crippen molar-refractivity contribution in [1.82, 2.24) is 9.80 Å². The van der Waals surface area contributed by atoms with Crippen molar-refractivity contribution in [3.05, 3.63) is 16.0 Å². The molecule has 0 spiro atoms. The molecular formula is C25H39N5O3S. The van der Waals surface area contributed by atoms with Crippen molar-refractivity contribution in [2.45, 2.75) is 82.3 Å². The minimum absolute atomic E-state index is 0.0252. The van der Waals surface area contributed by atoms with Crippen LogP contribution in [0.15, 0.2) is 0 Å². The van der Waals surface area contributed by atoms with E-state index in [1.165, 1.54) is 10.4 Å². The fourth-order valence-electron chi connectivity index (χ4n) is 5.80. The molecule has 0 unspecified atom stereocenters. The number of likely N-dealkylation sites (tertiary alicyclic amines) is 1. The van der Waals surface area contributed by atoms with Crippen LogP contribution in [-0.2, 0) is 20.7 Å². The number of primary amides is 1. The highest BCUT2D eigenvalue weighted by Gasteiger charge is 2.34. The summed E-state index contributed by atoms with van der Waals surface area (Å²) >= 11 is 1.71. The minimum Gasteiger partial charge on any atom is -0.474 e. The Hall–Kier alpha value is -2.13. The SMILES string of the molecule is CNc1sc2c(c1C(=N)O[C@H]1CC[C@H](N(C)CC(=O)N3CCCC3)CC1)[C@@H](CCC(N)=O)CC2. The molecule has 34 heavy (non-hydrogen) atoms. The second-order valence-corrected chi connectivity index (χ2v) is 11.1. The Bertz CT molecular complexity index is 903. The molecule has 188 valence electrons. The van der Waals surface area contributed by atoms with Crippen LogP contribution in [0, 0.1) is 5.41 Å². The zero-order valence-electron chi connectivity index (χ0n) is 20.5. The van der Waals surface area contributed by atoms with Crippen molar-refractivity contribution in [2.75, 3.05) is 39.0 Å². The van der Waals surface area contributed by atoms with E-state index in [2.05, 4.69) is 17.3 Å². The molecule has 3 aliphatic rings. The summed E-state index contributed by atoms with van der Waals surface area (Å²) in [7, 11) is 3.95. The number of ether oxygens (including phenoxy) is 1. The van der Waals surface area contributed by atoms with Crippen molar-refractivity contribution in [2.24, 2.45) is 5.73 Å². The van der Waals surface area contributed by atoms with Crippen molar-refractivity contribution < 1.29 is 14.3 Å². The Balaban J connectivity index is 1.33. The molecule has 2 amide bonds. The monoisotopic (exact) mass is 489 g/mol. The third-order valence-electron chi connectivity index (χ3n) is 7.74. The number of fused-ring (bicyclic) bond motifs is 1. The van der Waals surface area contributed by atoms with Crippen molar-refractivity contribution in [3.8, 4) is 0 Å². The summed E-state index contributed by atoms with van der Waals surface area (Å²) in [5, 5.41) is 13.1. The number of carbonyl (C=O) groups is 2. The maximum atomic E-state index is 12.5. The van der Waals surface area contributed by atoms with Crippen LogP contribution in [-0.4, -0.2) is 73.4 Å². The first kappa shape index (κ1) is 25.0. The Labute approximate surface area is 206 Å². The first-order valence-electron chi connectivity index (χ1n) is 12.7. The average molecular weight is 490 g/mol. The second kappa shape index (κ2) is 11.1. The predicted octanol–water partition coefficient (Wildman–Crippen LogP) is 3.29. The number of rotatable bonds is 9. The molecule has 8 nitrogen and oxygen atoms in total. The first-order valence-corrected chi connectivity index (χ1v) is 13.5. The van der Waals surface area contributed by atoms with E-state index >= 15 is 0 Å². The number of nitrogens with two attached hydrogens (primary N) is 1. The van der Waals surface area contributed by atoms with Crippen LogP contribution in [0.5, 0.6) is 0 Å². The number of nitrogens with one attached hydrogen (secondary N) is 2. The summed E-state index contributed by atoms with van der Waals surface area (Å²) in [5.74, 6) is 0.484. The van der Waals surface area contributed by atoms with E-state index in [-0.39, 0.29) is 29.7 Å². The summed E-state index contributed by atoms with van der Waals surface area (Å²) in [5.41, 5.74) is 7.46. The molecule has 1 saturated carbocycles. The summed E-state index contributed by atoms with van der Waals surface area (Å²) in [6, 6.07) is 0.386. The number of thiophene rings is 1. The van der Waals surface area contributed by atoms with E-state index in [9.17, 15) is 9.59 Å². The second-order valence-electron chi connectivity index (χ2n) is 10.0. The molecule has 1 aromatic rings. The third kappa shape index (κ3) is 5.57. The van der Waals surface area contributed by atoms with Crippen LogP contribution in [0.2, 0.25) is 0 Å². The van der Waals surface area contributed by atoms with E-state index in [0.29, 0.717) is 19.0 Å². The van der Waals surface area contributed by atoms with Gasteiger partial charge in [0.1, 0.15) is 11.1 Å². The summed E-state index contributed by atoms with van der Waals surface area (Å²) in [6.07, 6.45) is 9.10. The van der Waals surface area contributed by atoms with E-state index in [1.807, 2.05) is 11.9 Å². The molecule has 1 aliphatic heterocycles. The highest BCUT2D eigenvalue weighted by Crippen LogP contribution is 2.47. The lowest BCUT2D eigenvalue weighted by Crippen LogP contribution is -2.43. The van der Waals surface area contributed by atoms with Gasteiger partial charge in [-0.1, -0.05) is 0 Å². The van der Waals surface area contributed by atoms with Crippen LogP contribution in [0.25, 0.3) is 0 Å². The number of aryl methyl sites for hydroxylation is 1. The van der Waals surface area contributed by atoms with Crippen molar-refractivity contribution in [1.29, 1.82) is 5.41 Å². The zero-order chi connectivity index (χ0) is 24.2. The lowest BCUT2D eigenvalue weighted by atomic mass is 9.91. The van der Waals surface area contributed by atoms with Crippen molar-refractivity contribution >= 4 is 34.0 Å². The van der Waals surface area contributed by atoms with E-state index < -0.39 is 0 Å². The normalized spacial score (nSPS) is 24.3. The number of amides is 2. The van der Waals surface area contributed by atoms with Gasteiger partial charge in [-0.3, -0.25) is 19.9 Å². The van der Waals surface area contributed by atoms with Crippen molar-refractivity contribution in [3.63, 3.8) is 0 Å². The molecule has 1 aromatic heterocycles. The molecule has 1 atom stereocenters. The molecule has 1 saturated heterocycles. The Morgan fingerprint density at radius 1 is 1.21 bits per heavy atom. The maximum Gasteiger partial charge on any atom is 0.236 e. The third-order valence-corrected chi connectivity index (χ3v) is 9.02. The van der Waals surface area contributed by atoms with E-state index in [1.54, 1.807) is 11.3 Å². The van der Waals surface area contributed by atoms with Gasteiger partial charge in [-0.15, -0.1) is 11.3 Å². The van der Waals surface area contributed by atoms with E-state index in [4.69, 9.17) is 15.9 Å². The lowest BCUT2D eigenvalue weighted by Gasteiger charge is -2.35. The molecule has 2 fully saturated rings. The smallest absolute Gasteiger partial charge is 0.236 e. The zero-order valence-corrected chi connectivity index (χ0v) is 21.3. The van der Waals surface area contributed by atoms with E-state index in [0.717, 1.165) is 81.4 Å². The van der Waals surface area contributed by atoms with Gasteiger partial charge in [-0.2, -0.15) is 0 Å². The quantitative estimate of drug-likeness (QED) is 0.364. The number of nitrogens with zero attached hydrogens (tertiary/aromatic N) is 2. The molecular weight excluding hydrogens is 450 g/mol. The van der Waals surface area contributed by atoms with Gasteiger partial charge in [0.25, 0.3) is 0 Å². The van der Waals surface area contributed by atoms with Gasteiger partial charge in [0.05, 0.1) is 12.1 Å². The van der Waals surface area contributed by atoms with Crippen LogP contribution >= 0.6 is 11.3 Å². The van der Waals surface area contributed by atoms with Gasteiger partial charge >= 0.3 is 0 Å². The largest absolute Gasteiger partial charge is 0.474 e. The molecule has 2 heterocycles. The highest BCUT2D eigenvalue weighted by atomic mass is 32.1. The van der Waals surface area contributed by atoms with Crippen LogP contribution < -0.4 is 11.1 Å². The van der Waals surface area contributed by atoms with Crippen LogP contribution in [0.4, 0.5) is 5.00 Å². The number of hydrogen-bond donors (Lipinski definition) is 3. The van der Waals surface area contributed by atoms with Crippen LogP contribution in [0.1, 0.15) is 79.7 Å². The molecule has 0 aromatic carbocycles. The topological polar surface area (TPSA) is 112 Å². The minimum atomic E-state index is -0.269. The Morgan fingerprint density at radius 2 is 1.91 bits per heavy atom. The lowest BCUT2D eigenvalue weighted by molar-refractivity contribution is -0.131. The average Bonchev–Trinajstić information content (AvgIpc) is 3.55. The molecule has 9 heteroatoms. The number of hydrogen-bond acceptors (Lipinski definition) is 7. The van der Waals surface area contributed by atoms with Gasteiger partial charge in [-0.05, 0) is 76.3 Å². The maximum absolute atomic E-state index is 12.5. The van der Waals surface area contributed by atoms with Gasteiger partial charge < -0.3 is 20.7 Å². The molecule has 0 bridgehead atoms. The number of anilines is 1. The molecule has 4 rings (SSSR count). The van der Waals surface area contributed by atoms with Gasteiger partial charge in [0.15, 0.2) is 0 Å². The fraction of sp³-hybridized carbons (Fsp3) is 0.720. The molecule has 2 aliphatic carbocycles. The Kier molecular flexibility index (Phi) is 8.14. The standard InChI is InChI=1S/C25H39N5O3S/c1-28-25-23(22-16(6-12-20(26)31)5-11-19(22)34-25)24(27)33-18-9-7-17(8-10-18)29(2)15-21(32)30-13-3-4-14-30/h16-18,27-28H,3-15H2,1-2H3,(H2,26,31)/t16-,17-,18-/m1/s1. The summed E-state index contributed by atoms with van der Waals surface area (Å²) < 4.78 is 6.23. The van der Waals surface area contributed by atoms with Gasteiger partial charge in [0.2, 0.25) is 17.7 Å². The summed E-state index contributed by atoms with van der Waals surface area (Å²) in [4.78, 5) is 29.3. The summed E-state index contributed by atoms with van der Waals surface area (Å²) in [6.45, 7) is 2.30. The fourth-order valence-corrected chi connectivity index (χ4v) is 7.05. The number of likely N-dealkylation sites (N-methyl/N-ethyl adjacent to an activating group) is 1. The number of carbonyl (C=O) groups excluding carboxylic acids is 2. The molecule has 4 N–H and O–H groups in total. The van der Waals surface area contributed by atoms with Gasteiger partial charge in [-0.25, -0.2) is 0 Å². The highest BCUT2D eigenvalue weighted by molar-refractivity contribution is 7.16. The Morgan fingerprint density at radius 3 is 2.56 bits per heavy atom.